The molecule has 0 spiro atoms. The lowest BCUT2D eigenvalue weighted by molar-refractivity contribution is 0.193. The smallest absolute Gasteiger partial charge is 0.0104 e. The summed E-state index contributed by atoms with van der Waals surface area (Å²) in [6.45, 7) is 6.91. The lowest BCUT2D eigenvalue weighted by atomic mass is 10.00. The molecule has 0 aliphatic heterocycles. The Morgan fingerprint density at radius 3 is 2.71 bits per heavy atom. The standard InChI is InChI=1S/C15H28N2/c1-4-17(5-2)15-12-8-6-7-10-14(16-3)11-9-13-15/h6-7,10,15-16H,4-5,8-9,11-13H2,1-3H3/b7-6-,14-10+. The summed E-state index contributed by atoms with van der Waals surface area (Å²) in [6.07, 6.45) is 13.0. The average molecular weight is 236 g/mol. The van der Waals surface area contributed by atoms with E-state index in [4.69, 9.17) is 0 Å². The van der Waals surface area contributed by atoms with E-state index in [1.165, 1.54) is 50.9 Å². The fourth-order valence-corrected chi connectivity index (χ4v) is 2.64. The molecule has 1 atom stereocenters. The van der Waals surface area contributed by atoms with Crippen LogP contribution in [0.25, 0.3) is 0 Å². The summed E-state index contributed by atoms with van der Waals surface area (Å²) in [5.41, 5.74) is 1.36. The maximum absolute atomic E-state index is 3.29. The van der Waals surface area contributed by atoms with E-state index in [2.05, 4.69) is 42.3 Å². The van der Waals surface area contributed by atoms with Crippen LogP contribution < -0.4 is 5.32 Å². The predicted octanol–water partition coefficient (Wildman–Crippen LogP) is 3.32. The number of hydrogen-bond donors (Lipinski definition) is 1. The highest BCUT2D eigenvalue weighted by molar-refractivity contribution is 5.11. The Kier molecular flexibility index (Phi) is 7.02. The second-order valence-corrected chi connectivity index (χ2v) is 4.71. The van der Waals surface area contributed by atoms with Crippen LogP contribution in [0, 0.1) is 0 Å². The van der Waals surface area contributed by atoms with E-state index >= 15 is 0 Å². The van der Waals surface area contributed by atoms with E-state index in [1.54, 1.807) is 0 Å². The summed E-state index contributed by atoms with van der Waals surface area (Å²) in [5, 5.41) is 3.29. The fraction of sp³-hybridized carbons (Fsp3) is 0.733. The Bertz CT molecular complexity index is 252. The molecule has 1 rings (SSSR count). The summed E-state index contributed by atoms with van der Waals surface area (Å²) in [6, 6.07) is 0.769. The van der Waals surface area contributed by atoms with Crippen molar-refractivity contribution in [3.63, 3.8) is 0 Å². The molecule has 2 nitrogen and oxygen atoms in total. The number of rotatable bonds is 4. The minimum Gasteiger partial charge on any atom is -0.391 e. The van der Waals surface area contributed by atoms with E-state index in [-0.39, 0.29) is 0 Å². The van der Waals surface area contributed by atoms with Gasteiger partial charge in [0.25, 0.3) is 0 Å². The Balaban J connectivity index is 2.57. The maximum Gasteiger partial charge on any atom is 0.0104 e. The normalized spacial score (nSPS) is 27.3. The van der Waals surface area contributed by atoms with Crippen molar-refractivity contribution in [2.24, 2.45) is 0 Å². The molecule has 17 heavy (non-hydrogen) atoms. The minimum absolute atomic E-state index is 0.769. The van der Waals surface area contributed by atoms with Crippen molar-refractivity contribution in [3.05, 3.63) is 23.9 Å². The molecule has 0 saturated carbocycles. The second kappa shape index (κ2) is 8.35. The van der Waals surface area contributed by atoms with Crippen molar-refractivity contribution in [1.82, 2.24) is 10.2 Å². The van der Waals surface area contributed by atoms with Crippen molar-refractivity contribution < 1.29 is 0 Å². The molecule has 98 valence electrons. The van der Waals surface area contributed by atoms with Crippen LogP contribution in [0.3, 0.4) is 0 Å². The van der Waals surface area contributed by atoms with E-state index in [1.807, 2.05) is 7.05 Å². The Hall–Kier alpha value is -0.760. The highest BCUT2D eigenvalue weighted by Gasteiger charge is 2.14. The Morgan fingerprint density at radius 2 is 2.06 bits per heavy atom. The first-order chi connectivity index (χ1) is 8.31. The van der Waals surface area contributed by atoms with Gasteiger partial charge in [0, 0.05) is 18.8 Å². The molecular formula is C15H28N2. The third kappa shape index (κ3) is 4.95. The largest absolute Gasteiger partial charge is 0.391 e. The lowest BCUT2D eigenvalue weighted by Gasteiger charge is -2.30. The van der Waals surface area contributed by atoms with Crippen molar-refractivity contribution in [2.45, 2.75) is 52.0 Å². The molecule has 1 aliphatic rings. The van der Waals surface area contributed by atoms with Crippen molar-refractivity contribution in [3.8, 4) is 0 Å². The SMILES string of the molecule is CCN(CC)C1CC/C=C\C=C(\NC)CCC1. The van der Waals surface area contributed by atoms with E-state index in [0.717, 1.165) is 6.04 Å². The molecule has 0 fully saturated rings. The third-order valence-corrected chi connectivity index (χ3v) is 3.73. The van der Waals surface area contributed by atoms with Gasteiger partial charge < -0.3 is 10.2 Å². The molecule has 0 saturated heterocycles. The van der Waals surface area contributed by atoms with Crippen LogP contribution in [0.4, 0.5) is 0 Å². The van der Waals surface area contributed by atoms with E-state index in [9.17, 15) is 0 Å². The highest BCUT2D eigenvalue weighted by Crippen LogP contribution is 2.17. The summed E-state index contributed by atoms with van der Waals surface area (Å²) in [5.74, 6) is 0. The second-order valence-electron chi connectivity index (χ2n) is 4.71. The summed E-state index contributed by atoms with van der Waals surface area (Å²) in [7, 11) is 2.02. The molecule has 0 aromatic carbocycles. The average Bonchev–Trinajstić information content (AvgIpc) is 2.37. The van der Waals surface area contributed by atoms with E-state index in [0.29, 0.717) is 0 Å². The van der Waals surface area contributed by atoms with Gasteiger partial charge in [0.05, 0.1) is 0 Å². The molecule has 0 heterocycles. The Morgan fingerprint density at radius 1 is 1.29 bits per heavy atom. The minimum atomic E-state index is 0.769. The van der Waals surface area contributed by atoms with Crippen LogP contribution in [0.5, 0.6) is 0 Å². The fourth-order valence-electron chi connectivity index (χ4n) is 2.64. The predicted molar refractivity (Wildman–Crippen MR) is 76.1 cm³/mol. The first-order valence-electron chi connectivity index (χ1n) is 7.09. The maximum atomic E-state index is 3.29. The van der Waals surface area contributed by atoms with Gasteiger partial charge in [-0.05, 0) is 51.3 Å². The van der Waals surface area contributed by atoms with Gasteiger partial charge in [0.2, 0.25) is 0 Å². The van der Waals surface area contributed by atoms with Crippen LogP contribution in [-0.4, -0.2) is 31.1 Å². The number of hydrogen-bond acceptors (Lipinski definition) is 2. The molecule has 0 aromatic heterocycles. The molecule has 1 unspecified atom stereocenters. The number of allylic oxidation sites excluding steroid dienone is 4. The number of nitrogens with zero attached hydrogens (tertiary/aromatic N) is 1. The van der Waals surface area contributed by atoms with Gasteiger partial charge in [-0.2, -0.15) is 0 Å². The van der Waals surface area contributed by atoms with Crippen LogP contribution in [0.15, 0.2) is 23.9 Å². The van der Waals surface area contributed by atoms with E-state index < -0.39 is 0 Å². The Labute approximate surface area is 107 Å². The zero-order valence-corrected chi connectivity index (χ0v) is 11.7. The molecule has 1 N–H and O–H groups in total. The lowest BCUT2D eigenvalue weighted by Crippen LogP contribution is -2.35. The van der Waals surface area contributed by atoms with Crippen LogP contribution in [0.1, 0.15) is 46.0 Å². The van der Waals surface area contributed by atoms with Crippen LogP contribution in [0.2, 0.25) is 0 Å². The van der Waals surface area contributed by atoms with Gasteiger partial charge in [-0.3, -0.25) is 0 Å². The molecule has 0 radical (unpaired) electrons. The first-order valence-corrected chi connectivity index (χ1v) is 7.09. The molecule has 0 amide bonds. The molecule has 2 heteroatoms. The summed E-state index contributed by atoms with van der Waals surface area (Å²) >= 11 is 0. The third-order valence-electron chi connectivity index (χ3n) is 3.73. The van der Waals surface area contributed by atoms with Crippen LogP contribution >= 0.6 is 0 Å². The van der Waals surface area contributed by atoms with Gasteiger partial charge in [-0.25, -0.2) is 0 Å². The van der Waals surface area contributed by atoms with Crippen LogP contribution in [-0.2, 0) is 0 Å². The molecule has 0 aromatic rings. The highest BCUT2D eigenvalue weighted by atomic mass is 15.1. The summed E-state index contributed by atoms with van der Waals surface area (Å²) < 4.78 is 0. The van der Waals surface area contributed by atoms with Gasteiger partial charge in [0.15, 0.2) is 0 Å². The monoisotopic (exact) mass is 236 g/mol. The van der Waals surface area contributed by atoms with Crippen molar-refractivity contribution in [2.75, 3.05) is 20.1 Å². The van der Waals surface area contributed by atoms with Gasteiger partial charge >= 0.3 is 0 Å². The van der Waals surface area contributed by atoms with Crippen molar-refractivity contribution >= 4 is 0 Å². The number of nitrogens with one attached hydrogen (secondary N) is 1. The van der Waals surface area contributed by atoms with Gasteiger partial charge in [-0.1, -0.05) is 26.0 Å². The van der Waals surface area contributed by atoms with Crippen molar-refractivity contribution in [1.29, 1.82) is 0 Å². The summed E-state index contributed by atoms with van der Waals surface area (Å²) in [4.78, 5) is 2.61. The first kappa shape index (κ1) is 14.3. The molecular weight excluding hydrogens is 208 g/mol. The molecule has 0 bridgehead atoms. The van der Waals surface area contributed by atoms with Gasteiger partial charge in [0.1, 0.15) is 0 Å². The zero-order chi connectivity index (χ0) is 12.5. The quantitative estimate of drug-likeness (QED) is 0.805. The zero-order valence-electron chi connectivity index (χ0n) is 11.7. The van der Waals surface area contributed by atoms with Gasteiger partial charge in [-0.15, -0.1) is 0 Å². The topological polar surface area (TPSA) is 15.3 Å². The molecule has 1 aliphatic carbocycles.